The topological polar surface area (TPSA) is 278 Å². The van der Waals surface area contributed by atoms with Crippen LogP contribution in [-0.2, 0) is 35.2 Å². The zero-order chi connectivity index (χ0) is 35.1. The molecule has 0 saturated heterocycles. The number of aromatic amines is 1. The highest BCUT2D eigenvalue weighted by Crippen LogP contribution is 2.11. The summed E-state index contributed by atoms with van der Waals surface area (Å²) in [6, 6.07) is -7.60. The lowest BCUT2D eigenvalue weighted by Crippen LogP contribution is -2.60. The van der Waals surface area contributed by atoms with Crippen LogP contribution in [0.15, 0.2) is 12.5 Å². The van der Waals surface area contributed by atoms with E-state index in [0.29, 0.717) is 5.69 Å². The lowest BCUT2D eigenvalue weighted by molar-refractivity contribution is -0.143. The minimum absolute atomic E-state index is 0.0959. The number of aliphatic hydroxyl groups excluding tert-OH is 2. The largest absolute Gasteiger partial charge is 0.480 e. The fourth-order valence-corrected chi connectivity index (χ4v) is 4.27. The monoisotopic (exact) mass is 654 g/mol. The number of H-pyrrole nitrogens is 1. The molecule has 0 fully saturated rings. The van der Waals surface area contributed by atoms with Gasteiger partial charge in [0.1, 0.15) is 30.2 Å². The van der Waals surface area contributed by atoms with Crippen molar-refractivity contribution in [2.75, 3.05) is 13.2 Å². The number of aliphatic hydroxyl groups is 2. The minimum atomic E-state index is -1.58. The summed E-state index contributed by atoms with van der Waals surface area (Å²) in [4.78, 5) is 83.6. The average molecular weight is 655 g/mol. The van der Waals surface area contributed by atoms with Gasteiger partial charge in [-0.2, -0.15) is 0 Å². The van der Waals surface area contributed by atoms with Crippen molar-refractivity contribution >= 4 is 35.5 Å². The molecular formula is C29H50N8O9. The maximum Gasteiger partial charge on any atom is 0.328 e. The summed E-state index contributed by atoms with van der Waals surface area (Å²) in [6.07, 6.45) is 2.97. The molecule has 1 rings (SSSR count). The molecule has 17 heteroatoms. The number of imidazole rings is 1. The van der Waals surface area contributed by atoms with Gasteiger partial charge in [0.15, 0.2) is 0 Å². The van der Waals surface area contributed by atoms with E-state index < -0.39 is 85.0 Å². The van der Waals surface area contributed by atoms with Crippen LogP contribution in [0.1, 0.15) is 60.1 Å². The highest BCUT2D eigenvalue weighted by atomic mass is 16.4. The predicted octanol–water partition coefficient (Wildman–Crippen LogP) is -2.48. The lowest BCUT2D eigenvalue weighted by Gasteiger charge is -2.28. The van der Waals surface area contributed by atoms with E-state index in [1.165, 1.54) is 12.5 Å². The Kier molecular flexibility index (Phi) is 16.9. The van der Waals surface area contributed by atoms with Gasteiger partial charge in [-0.1, -0.05) is 41.5 Å². The highest BCUT2D eigenvalue weighted by molar-refractivity contribution is 5.96. The zero-order valence-corrected chi connectivity index (χ0v) is 27.2. The number of carboxylic acids is 1. The van der Waals surface area contributed by atoms with Crippen LogP contribution in [0.4, 0.5) is 0 Å². The van der Waals surface area contributed by atoms with E-state index in [0.717, 1.165) is 0 Å². The van der Waals surface area contributed by atoms with Crippen molar-refractivity contribution in [3.05, 3.63) is 18.2 Å². The van der Waals surface area contributed by atoms with Crippen LogP contribution in [0.25, 0.3) is 0 Å². The number of hydrogen-bond donors (Lipinski definition) is 10. The molecule has 17 nitrogen and oxygen atoms in total. The van der Waals surface area contributed by atoms with Gasteiger partial charge in [-0.25, -0.2) is 9.78 Å². The summed E-state index contributed by atoms with van der Waals surface area (Å²) < 4.78 is 0. The second-order valence-electron chi connectivity index (χ2n) is 12.3. The molecule has 0 radical (unpaired) electrons. The van der Waals surface area contributed by atoms with Gasteiger partial charge >= 0.3 is 5.97 Å². The van der Waals surface area contributed by atoms with E-state index in [-0.39, 0.29) is 37.0 Å². The Balaban J connectivity index is 3.23. The van der Waals surface area contributed by atoms with Crippen molar-refractivity contribution in [3.8, 4) is 0 Å². The predicted molar refractivity (Wildman–Crippen MR) is 165 cm³/mol. The molecule has 5 amide bonds. The van der Waals surface area contributed by atoms with E-state index in [2.05, 4.69) is 36.6 Å². The fourth-order valence-electron chi connectivity index (χ4n) is 4.27. The molecule has 0 bridgehead atoms. The van der Waals surface area contributed by atoms with E-state index in [1.807, 2.05) is 13.8 Å². The number of nitrogens with two attached hydrogens (primary N) is 1. The first kappa shape index (κ1) is 39.9. The molecule has 0 aliphatic heterocycles. The highest BCUT2D eigenvalue weighted by Gasteiger charge is 2.33. The number of carboxylic acid groups (broad SMARTS) is 1. The molecule has 260 valence electrons. The number of nitrogens with one attached hydrogen (secondary N) is 6. The molecule has 46 heavy (non-hydrogen) atoms. The second-order valence-corrected chi connectivity index (χ2v) is 12.3. The van der Waals surface area contributed by atoms with Gasteiger partial charge < -0.3 is 52.6 Å². The molecule has 0 spiro atoms. The standard InChI is InChI=1S/C29H50N8O9/c1-14(2)7-18(24(40)33-19(8-15(3)4)25(41)37-22(12-39)29(45)46)34-26(42)20(9-17-10-31-13-32-17)35-27(43)21(11-38)36-28(44)23(30)16(5)6/h10,13-16,18-23,38-39H,7-9,11-12,30H2,1-6H3,(H,31,32)(H,33,40)(H,34,42)(H,35,43)(H,36,44)(H,37,41)(H,45,46)/t18-,19-,20-,21-,22-,23-/m0/s1. The van der Waals surface area contributed by atoms with Crippen molar-refractivity contribution < 1.29 is 44.1 Å². The zero-order valence-electron chi connectivity index (χ0n) is 27.2. The normalized spacial score (nSPS) is 15.3. The first-order valence-electron chi connectivity index (χ1n) is 15.2. The van der Waals surface area contributed by atoms with Crippen LogP contribution in [0.5, 0.6) is 0 Å². The van der Waals surface area contributed by atoms with Crippen molar-refractivity contribution in [2.45, 2.75) is 97.1 Å². The van der Waals surface area contributed by atoms with Gasteiger partial charge in [0, 0.05) is 18.3 Å². The molecule has 1 aromatic heterocycles. The number of aliphatic carboxylic acids is 1. The van der Waals surface area contributed by atoms with E-state index in [9.17, 15) is 44.1 Å². The van der Waals surface area contributed by atoms with Crippen molar-refractivity contribution in [1.82, 2.24) is 36.6 Å². The Bertz CT molecular complexity index is 1160. The van der Waals surface area contributed by atoms with Gasteiger partial charge in [-0.3, -0.25) is 24.0 Å². The summed E-state index contributed by atoms with van der Waals surface area (Å²) >= 11 is 0. The first-order chi connectivity index (χ1) is 21.5. The average Bonchev–Trinajstić information content (AvgIpc) is 3.49. The summed E-state index contributed by atoms with van der Waals surface area (Å²) in [5.41, 5.74) is 6.31. The number of aromatic nitrogens is 2. The molecular weight excluding hydrogens is 604 g/mol. The molecule has 0 aliphatic rings. The van der Waals surface area contributed by atoms with Crippen LogP contribution in [0.3, 0.4) is 0 Å². The second kappa shape index (κ2) is 19.4. The lowest BCUT2D eigenvalue weighted by atomic mass is 9.99. The molecule has 0 aromatic carbocycles. The van der Waals surface area contributed by atoms with Crippen LogP contribution in [-0.4, -0.2) is 110 Å². The SMILES string of the molecule is CC(C)C[C@H](NC(=O)[C@H](CC(C)C)NC(=O)[C@H](Cc1cnc[nH]1)NC(=O)[C@H](CO)NC(=O)[C@@H](N)C(C)C)C(=O)N[C@@H](CO)C(=O)O. The number of carbonyl (C=O) groups is 6. The molecule has 0 saturated carbocycles. The molecule has 0 unspecified atom stereocenters. The summed E-state index contributed by atoms with van der Waals surface area (Å²) in [6.45, 7) is 9.00. The van der Waals surface area contributed by atoms with Crippen molar-refractivity contribution in [2.24, 2.45) is 23.5 Å². The molecule has 1 heterocycles. The van der Waals surface area contributed by atoms with Gasteiger partial charge in [0.05, 0.1) is 25.6 Å². The molecule has 0 aliphatic carbocycles. The van der Waals surface area contributed by atoms with Gasteiger partial charge in [-0.15, -0.1) is 0 Å². The summed E-state index contributed by atoms with van der Waals surface area (Å²) in [5, 5.41) is 40.6. The Hall–Kier alpha value is -4.09. The maximum atomic E-state index is 13.6. The number of amides is 5. The Morgan fingerprint density at radius 2 is 1.11 bits per heavy atom. The van der Waals surface area contributed by atoms with Gasteiger partial charge in [0.2, 0.25) is 29.5 Å². The molecule has 6 atom stereocenters. The van der Waals surface area contributed by atoms with Crippen LogP contribution in [0, 0.1) is 17.8 Å². The summed E-state index contributed by atoms with van der Waals surface area (Å²) in [5.74, 6) is -5.78. The third kappa shape index (κ3) is 13.5. The number of carbonyl (C=O) groups excluding carboxylic acids is 5. The number of nitrogens with zero attached hydrogens (tertiary/aromatic N) is 1. The molecule has 1 aromatic rings. The summed E-state index contributed by atoms with van der Waals surface area (Å²) in [7, 11) is 0. The third-order valence-corrected chi connectivity index (χ3v) is 6.93. The quantitative estimate of drug-likeness (QED) is 0.0703. The van der Waals surface area contributed by atoms with Crippen molar-refractivity contribution in [1.29, 1.82) is 0 Å². The van der Waals surface area contributed by atoms with E-state index in [4.69, 9.17) is 5.73 Å². The first-order valence-corrected chi connectivity index (χ1v) is 15.2. The Labute approximate surface area is 268 Å². The fraction of sp³-hybridized carbons (Fsp3) is 0.690. The van der Waals surface area contributed by atoms with E-state index in [1.54, 1.807) is 27.7 Å². The van der Waals surface area contributed by atoms with Crippen molar-refractivity contribution in [3.63, 3.8) is 0 Å². The third-order valence-electron chi connectivity index (χ3n) is 6.93. The molecule has 11 N–H and O–H groups in total. The smallest absolute Gasteiger partial charge is 0.328 e. The number of hydrogen-bond acceptors (Lipinski definition) is 10. The van der Waals surface area contributed by atoms with Gasteiger partial charge in [0.25, 0.3) is 0 Å². The Morgan fingerprint density at radius 1 is 0.696 bits per heavy atom. The Morgan fingerprint density at radius 3 is 1.50 bits per heavy atom. The van der Waals surface area contributed by atoms with Gasteiger partial charge in [-0.05, 0) is 30.6 Å². The minimum Gasteiger partial charge on any atom is -0.480 e. The van der Waals surface area contributed by atoms with Crippen LogP contribution >= 0.6 is 0 Å². The maximum absolute atomic E-state index is 13.6. The number of rotatable bonds is 20. The van der Waals surface area contributed by atoms with Crippen LogP contribution < -0.4 is 32.3 Å². The van der Waals surface area contributed by atoms with Crippen LogP contribution in [0.2, 0.25) is 0 Å². The van der Waals surface area contributed by atoms with E-state index >= 15 is 0 Å².